The lowest BCUT2D eigenvalue weighted by molar-refractivity contribution is 0.218. The van der Waals surface area contributed by atoms with Gasteiger partial charge in [0.05, 0.1) is 16.9 Å². The van der Waals surface area contributed by atoms with E-state index in [9.17, 15) is 4.79 Å². The lowest BCUT2D eigenvalue weighted by Crippen LogP contribution is -2.30. The number of carbonyl (C=O) groups is 1. The molecule has 2 aliphatic heterocycles. The van der Waals surface area contributed by atoms with Crippen molar-refractivity contribution in [3.8, 4) is 0 Å². The van der Waals surface area contributed by atoms with Gasteiger partial charge in [-0.05, 0) is 56.6 Å². The number of nitrogens with two attached hydrogens (primary N) is 1. The number of aromatic nitrogens is 1. The number of amides is 1. The highest BCUT2D eigenvalue weighted by atomic mass is 32.1. The molecular formula is C20H26N4OS. The minimum atomic E-state index is -0.0335. The highest BCUT2D eigenvalue weighted by molar-refractivity contribution is 7.96. The van der Waals surface area contributed by atoms with Crippen LogP contribution in [0.3, 0.4) is 0 Å². The molecule has 5 rings (SSSR count). The van der Waals surface area contributed by atoms with E-state index in [4.69, 9.17) is 5.84 Å². The van der Waals surface area contributed by atoms with Gasteiger partial charge in [0.15, 0.2) is 0 Å². The van der Waals surface area contributed by atoms with E-state index in [0.717, 1.165) is 47.2 Å². The lowest BCUT2D eigenvalue weighted by Gasteiger charge is -2.20. The van der Waals surface area contributed by atoms with Crippen molar-refractivity contribution in [2.45, 2.75) is 32.6 Å². The third kappa shape index (κ3) is 4.55. The van der Waals surface area contributed by atoms with E-state index in [1.54, 1.807) is 0 Å². The Morgan fingerprint density at radius 3 is 2.31 bits per heavy atom. The lowest BCUT2D eigenvalue weighted by atomic mass is 9.84. The fourth-order valence-corrected chi connectivity index (χ4v) is 3.95. The summed E-state index contributed by atoms with van der Waals surface area (Å²) in [5, 5.41) is 4.71. The number of nitrogens with zero attached hydrogens (tertiary/aromatic N) is 3. The molecule has 138 valence electrons. The molecule has 0 spiro atoms. The highest BCUT2D eigenvalue weighted by Crippen LogP contribution is 2.34. The van der Waals surface area contributed by atoms with Crippen LogP contribution in [-0.4, -0.2) is 33.9 Å². The van der Waals surface area contributed by atoms with Crippen LogP contribution in [0.5, 0.6) is 0 Å². The Morgan fingerprint density at radius 2 is 1.73 bits per heavy atom. The van der Waals surface area contributed by atoms with Gasteiger partial charge in [0.25, 0.3) is 5.24 Å². The monoisotopic (exact) mass is 370 g/mol. The fraction of sp³-hybridized carbons (Fsp3) is 0.450. The molecule has 6 heteroatoms. The largest absolute Gasteiger partial charge is 0.333 e. The first-order valence-corrected chi connectivity index (χ1v) is 9.60. The van der Waals surface area contributed by atoms with E-state index >= 15 is 0 Å². The number of thiol groups is 1. The summed E-state index contributed by atoms with van der Waals surface area (Å²) in [7, 11) is 0. The van der Waals surface area contributed by atoms with E-state index in [2.05, 4.69) is 22.7 Å². The maximum absolute atomic E-state index is 11.1. The van der Waals surface area contributed by atoms with Gasteiger partial charge in [0.2, 0.25) is 0 Å². The molecule has 3 fully saturated rings. The minimum absolute atomic E-state index is 0.0335. The first-order chi connectivity index (χ1) is 12.6. The standard InChI is InChI=1S/C11H11N3.C9H15NOS/c1-8(14-12)10-7-6-9-4-2-3-5-11(9)13-10;11-9(12)10-5-7-1-2-8(6-10)4-3-7/h2-7H,12H2,1H3;7-8H,1-6H2,(H,11,12). The molecule has 26 heavy (non-hydrogen) atoms. The zero-order valence-electron chi connectivity index (χ0n) is 15.1. The van der Waals surface area contributed by atoms with Crippen molar-refractivity contribution in [1.29, 1.82) is 0 Å². The van der Waals surface area contributed by atoms with Crippen LogP contribution in [0.2, 0.25) is 0 Å². The van der Waals surface area contributed by atoms with Gasteiger partial charge < -0.3 is 10.7 Å². The second kappa shape index (κ2) is 8.54. The van der Waals surface area contributed by atoms with E-state index < -0.39 is 0 Å². The number of hydrazone groups is 1. The molecule has 2 bridgehead atoms. The zero-order valence-corrected chi connectivity index (χ0v) is 16.0. The number of benzene rings is 1. The van der Waals surface area contributed by atoms with Gasteiger partial charge in [-0.15, -0.1) is 0 Å². The van der Waals surface area contributed by atoms with Crippen LogP contribution in [0.15, 0.2) is 41.5 Å². The third-order valence-electron chi connectivity index (χ3n) is 5.36. The normalized spacial score (nSPS) is 22.5. The van der Waals surface area contributed by atoms with Crippen LogP contribution in [0.4, 0.5) is 4.79 Å². The van der Waals surface area contributed by atoms with Gasteiger partial charge in [0.1, 0.15) is 0 Å². The molecule has 1 aromatic heterocycles. The molecule has 2 saturated heterocycles. The Labute approximate surface area is 160 Å². The van der Waals surface area contributed by atoms with Crippen molar-refractivity contribution in [2.24, 2.45) is 22.8 Å². The van der Waals surface area contributed by atoms with Crippen LogP contribution < -0.4 is 5.84 Å². The fourth-order valence-electron chi connectivity index (χ4n) is 3.78. The molecule has 2 aromatic rings. The highest BCUT2D eigenvalue weighted by Gasteiger charge is 2.30. The number of para-hydroxylation sites is 1. The van der Waals surface area contributed by atoms with E-state index in [1.807, 2.05) is 48.2 Å². The topological polar surface area (TPSA) is 71.6 Å². The Hall–Kier alpha value is -2.08. The average Bonchev–Trinajstić information content (AvgIpc) is 3.02. The van der Waals surface area contributed by atoms with Crippen molar-refractivity contribution < 1.29 is 4.79 Å². The summed E-state index contributed by atoms with van der Waals surface area (Å²) in [4.78, 5) is 17.4. The third-order valence-corrected chi connectivity index (χ3v) is 5.64. The summed E-state index contributed by atoms with van der Waals surface area (Å²) < 4.78 is 0. The molecule has 0 radical (unpaired) electrons. The van der Waals surface area contributed by atoms with Crippen molar-refractivity contribution >= 4 is 34.5 Å². The Morgan fingerprint density at radius 1 is 1.12 bits per heavy atom. The van der Waals surface area contributed by atoms with Gasteiger partial charge in [0, 0.05) is 18.5 Å². The number of hydrogen-bond donors (Lipinski definition) is 2. The second-order valence-electron chi connectivity index (χ2n) is 7.18. The molecule has 1 aromatic carbocycles. The predicted octanol–water partition coefficient (Wildman–Crippen LogP) is 4.08. The Bertz CT molecular complexity index is 785. The summed E-state index contributed by atoms with van der Waals surface area (Å²) in [5.41, 5.74) is 2.54. The smallest absolute Gasteiger partial charge is 0.278 e. The van der Waals surface area contributed by atoms with E-state index in [0.29, 0.717) is 0 Å². The van der Waals surface area contributed by atoms with Crippen LogP contribution in [-0.2, 0) is 0 Å². The van der Waals surface area contributed by atoms with Crippen molar-refractivity contribution in [2.75, 3.05) is 13.1 Å². The van der Waals surface area contributed by atoms with Gasteiger partial charge in [-0.3, -0.25) is 4.79 Å². The van der Waals surface area contributed by atoms with E-state index in [-0.39, 0.29) is 5.24 Å². The zero-order chi connectivity index (χ0) is 18.5. The second-order valence-corrected chi connectivity index (χ2v) is 7.56. The minimum Gasteiger partial charge on any atom is -0.333 e. The van der Waals surface area contributed by atoms with Crippen molar-refractivity contribution in [3.63, 3.8) is 0 Å². The molecule has 3 heterocycles. The summed E-state index contributed by atoms with van der Waals surface area (Å²) >= 11 is 3.88. The average molecular weight is 371 g/mol. The van der Waals surface area contributed by atoms with Crippen LogP contribution in [0.1, 0.15) is 38.3 Å². The van der Waals surface area contributed by atoms with Gasteiger partial charge in [-0.2, -0.15) is 5.10 Å². The maximum Gasteiger partial charge on any atom is 0.278 e. The van der Waals surface area contributed by atoms with Crippen LogP contribution >= 0.6 is 12.6 Å². The predicted molar refractivity (Wildman–Crippen MR) is 110 cm³/mol. The molecule has 5 nitrogen and oxygen atoms in total. The first kappa shape index (κ1) is 18.7. The molecule has 1 amide bonds. The maximum atomic E-state index is 11.1. The van der Waals surface area contributed by atoms with Crippen LogP contribution in [0.25, 0.3) is 10.9 Å². The van der Waals surface area contributed by atoms with Gasteiger partial charge in [-0.1, -0.05) is 36.9 Å². The quantitative estimate of drug-likeness (QED) is 0.344. The van der Waals surface area contributed by atoms with Gasteiger partial charge in [-0.25, -0.2) is 4.98 Å². The number of carbonyl (C=O) groups excluding carboxylic acids is 1. The SMILES string of the molecule is CC(=NN)c1ccc2ccccc2n1.O=C(S)N1CC2CCC(CC2)C1. The van der Waals surface area contributed by atoms with Crippen LogP contribution in [0, 0.1) is 11.8 Å². The van der Waals surface area contributed by atoms with Crippen molar-refractivity contribution in [3.05, 3.63) is 42.1 Å². The molecule has 0 atom stereocenters. The Kier molecular flexibility index (Phi) is 6.14. The summed E-state index contributed by atoms with van der Waals surface area (Å²) in [6.45, 7) is 3.76. The molecular weight excluding hydrogens is 344 g/mol. The number of pyridine rings is 1. The molecule has 1 saturated carbocycles. The molecule has 0 unspecified atom stereocenters. The van der Waals surface area contributed by atoms with Gasteiger partial charge >= 0.3 is 0 Å². The molecule has 1 aliphatic carbocycles. The first-order valence-electron chi connectivity index (χ1n) is 9.15. The molecule has 2 N–H and O–H groups in total. The van der Waals surface area contributed by atoms with Crippen molar-refractivity contribution in [1.82, 2.24) is 9.88 Å². The molecule has 3 aliphatic rings. The summed E-state index contributed by atoms with van der Waals surface area (Å²) in [6, 6.07) is 11.9. The number of fused-ring (bicyclic) bond motifs is 5. The Balaban J connectivity index is 0.000000152. The number of hydrogen-bond acceptors (Lipinski definition) is 4. The van der Waals surface area contributed by atoms with E-state index in [1.165, 1.54) is 25.7 Å². The summed E-state index contributed by atoms with van der Waals surface area (Å²) in [6.07, 6.45) is 5.29. The number of rotatable bonds is 1. The summed E-state index contributed by atoms with van der Waals surface area (Å²) in [5.74, 6) is 6.72.